The molecular formula is C34H47N7O10. The molecule has 0 radical (unpaired) electrons. The van der Waals surface area contributed by atoms with Crippen molar-refractivity contribution < 1.29 is 48.9 Å². The number of carbonyl (C=O) groups is 7. The van der Waals surface area contributed by atoms with Crippen LogP contribution in [0.15, 0.2) is 54.6 Å². The van der Waals surface area contributed by atoms with Crippen LogP contribution >= 0.6 is 0 Å². The summed E-state index contributed by atoms with van der Waals surface area (Å²) < 4.78 is 0. The zero-order valence-corrected chi connectivity index (χ0v) is 28.6. The van der Waals surface area contributed by atoms with Crippen molar-refractivity contribution in [2.75, 3.05) is 13.2 Å². The fourth-order valence-corrected chi connectivity index (χ4v) is 4.88. The molecule has 278 valence electrons. The Morgan fingerprint density at radius 1 is 0.725 bits per heavy atom. The van der Waals surface area contributed by atoms with Crippen molar-refractivity contribution >= 4 is 41.4 Å². The Morgan fingerprint density at radius 2 is 1.33 bits per heavy atom. The van der Waals surface area contributed by atoms with Gasteiger partial charge in [0.15, 0.2) is 6.04 Å². The van der Waals surface area contributed by atoms with Crippen molar-refractivity contribution in [2.24, 2.45) is 17.4 Å². The van der Waals surface area contributed by atoms with E-state index < -0.39 is 90.9 Å². The normalized spacial score (nSPS) is 14.5. The van der Waals surface area contributed by atoms with Crippen molar-refractivity contribution in [3.05, 3.63) is 71.3 Å². The summed E-state index contributed by atoms with van der Waals surface area (Å²) in [6, 6.07) is 8.02. The van der Waals surface area contributed by atoms with Crippen LogP contribution in [0.2, 0.25) is 0 Å². The molecule has 6 amide bonds. The highest BCUT2D eigenvalue weighted by Gasteiger charge is 2.32. The smallest absolute Gasteiger partial charge is 0.328 e. The number of amides is 6. The third kappa shape index (κ3) is 14.2. The first-order valence-corrected chi connectivity index (χ1v) is 16.2. The van der Waals surface area contributed by atoms with Gasteiger partial charge in [-0.25, -0.2) is 4.79 Å². The number of aliphatic hydroxyl groups excluding tert-OH is 2. The van der Waals surface area contributed by atoms with Crippen LogP contribution in [-0.4, -0.2) is 106 Å². The molecule has 2 aromatic carbocycles. The maximum Gasteiger partial charge on any atom is 0.328 e. The molecule has 0 fully saturated rings. The van der Waals surface area contributed by atoms with E-state index in [4.69, 9.17) is 11.5 Å². The monoisotopic (exact) mass is 713 g/mol. The zero-order valence-electron chi connectivity index (χ0n) is 28.6. The quantitative estimate of drug-likeness (QED) is 0.0682. The summed E-state index contributed by atoms with van der Waals surface area (Å²) in [5.41, 5.74) is 12.7. The SMILES string of the molecule is CC(C)C[C@H](NC(=O)[C@H](Cc1ccccc1)NC(=O)CNC(=O)[C@H](CO)NC(=O)[C@@H](N)Cc1cccc(C(N)=O)c1)C(=O)N[C@H](C(=O)O)[C@@H](C)O. The molecule has 0 saturated carbocycles. The number of aliphatic hydroxyl groups is 2. The van der Waals surface area contributed by atoms with Crippen molar-refractivity contribution in [2.45, 2.75) is 76.3 Å². The lowest BCUT2D eigenvalue weighted by Crippen LogP contribution is -2.58. The number of hydrogen-bond acceptors (Lipinski definition) is 10. The zero-order chi connectivity index (χ0) is 38.2. The molecule has 0 aromatic heterocycles. The largest absolute Gasteiger partial charge is 0.480 e. The molecule has 2 rings (SSSR count). The second kappa shape index (κ2) is 20.3. The Kier molecular flexibility index (Phi) is 16.6. The van der Waals surface area contributed by atoms with Gasteiger partial charge < -0.3 is 53.4 Å². The Hall–Kier alpha value is -5.39. The Bertz CT molecular complexity index is 1540. The van der Waals surface area contributed by atoms with Crippen LogP contribution in [0.5, 0.6) is 0 Å². The highest BCUT2D eigenvalue weighted by atomic mass is 16.4. The third-order valence-corrected chi connectivity index (χ3v) is 7.56. The van der Waals surface area contributed by atoms with Gasteiger partial charge in [0.1, 0.15) is 18.1 Å². The Morgan fingerprint density at radius 3 is 1.90 bits per heavy atom. The van der Waals surface area contributed by atoms with E-state index in [-0.39, 0.29) is 30.7 Å². The maximum atomic E-state index is 13.5. The third-order valence-electron chi connectivity index (χ3n) is 7.56. The topological polar surface area (TPSA) is 292 Å². The van der Waals surface area contributed by atoms with E-state index in [2.05, 4.69) is 26.6 Å². The van der Waals surface area contributed by atoms with E-state index in [0.29, 0.717) is 11.1 Å². The molecule has 0 unspecified atom stereocenters. The summed E-state index contributed by atoms with van der Waals surface area (Å²) in [6.07, 6.45) is -1.36. The summed E-state index contributed by atoms with van der Waals surface area (Å²) in [7, 11) is 0. The number of primary amides is 1. The number of nitrogens with one attached hydrogen (secondary N) is 5. The number of carboxylic acids is 1. The van der Waals surface area contributed by atoms with Crippen LogP contribution < -0.4 is 38.1 Å². The van der Waals surface area contributed by atoms with E-state index in [1.54, 1.807) is 56.3 Å². The molecule has 6 atom stereocenters. The lowest BCUT2D eigenvalue weighted by atomic mass is 10.0. The van der Waals surface area contributed by atoms with Gasteiger partial charge in [-0.1, -0.05) is 56.3 Å². The van der Waals surface area contributed by atoms with Crippen LogP contribution in [0.3, 0.4) is 0 Å². The molecule has 0 bridgehead atoms. The Labute approximate surface area is 294 Å². The summed E-state index contributed by atoms with van der Waals surface area (Å²) in [5, 5.41) is 40.9. The average Bonchev–Trinajstić information content (AvgIpc) is 3.07. The molecule has 0 saturated heterocycles. The second-order valence-electron chi connectivity index (χ2n) is 12.4. The first-order valence-electron chi connectivity index (χ1n) is 16.2. The van der Waals surface area contributed by atoms with Gasteiger partial charge in [-0.3, -0.25) is 28.8 Å². The predicted molar refractivity (Wildman–Crippen MR) is 183 cm³/mol. The highest BCUT2D eigenvalue weighted by Crippen LogP contribution is 2.10. The minimum absolute atomic E-state index is 0.0135. The van der Waals surface area contributed by atoms with Gasteiger partial charge in [0.05, 0.1) is 25.3 Å². The average molecular weight is 714 g/mol. The number of carbonyl (C=O) groups excluding carboxylic acids is 6. The van der Waals surface area contributed by atoms with Gasteiger partial charge >= 0.3 is 5.97 Å². The molecule has 2 aromatic rings. The van der Waals surface area contributed by atoms with E-state index >= 15 is 0 Å². The van der Waals surface area contributed by atoms with Crippen LogP contribution in [0, 0.1) is 5.92 Å². The number of nitrogens with two attached hydrogens (primary N) is 2. The second-order valence-corrected chi connectivity index (χ2v) is 12.4. The van der Waals surface area contributed by atoms with E-state index in [0.717, 1.165) is 0 Å². The molecule has 0 aliphatic rings. The molecule has 51 heavy (non-hydrogen) atoms. The molecule has 0 heterocycles. The van der Waals surface area contributed by atoms with Gasteiger partial charge in [-0.05, 0) is 48.9 Å². The molecule has 17 heteroatoms. The number of rotatable bonds is 20. The van der Waals surface area contributed by atoms with E-state index in [9.17, 15) is 48.9 Å². The first-order chi connectivity index (χ1) is 24.0. The van der Waals surface area contributed by atoms with Gasteiger partial charge in [-0.15, -0.1) is 0 Å². The van der Waals surface area contributed by atoms with E-state index in [1.807, 2.05) is 0 Å². The van der Waals surface area contributed by atoms with Crippen molar-refractivity contribution in [1.82, 2.24) is 26.6 Å². The molecule has 17 nitrogen and oxygen atoms in total. The number of hydrogen-bond donors (Lipinski definition) is 10. The lowest BCUT2D eigenvalue weighted by Gasteiger charge is -2.26. The molecule has 0 aliphatic carbocycles. The lowest BCUT2D eigenvalue weighted by molar-refractivity contribution is -0.145. The number of aliphatic carboxylic acids is 1. The minimum Gasteiger partial charge on any atom is -0.480 e. The molecule has 12 N–H and O–H groups in total. The van der Waals surface area contributed by atoms with E-state index in [1.165, 1.54) is 19.1 Å². The summed E-state index contributed by atoms with van der Waals surface area (Å²) in [6.45, 7) is 3.25. The van der Waals surface area contributed by atoms with Crippen LogP contribution in [0.1, 0.15) is 48.7 Å². The standard InChI is InChI=1S/C34H47N7O10/c1-18(2)12-24(33(49)41-28(19(3)43)34(50)51)39-32(48)25(15-20-8-5-4-6-9-20)38-27(44)16-37-31(47)26(17-42)40-30(46)23(35)14-21-10-7-11-22(13-21)29(36)45/h4-11,13,18-19,23-26,28,42-43H,12,14-17,35H2,1-3H3,(H2,36,45)(H,37,47)(H,38,44)(H,39,48)(H,40,46)(H,41,49)(H,50,51)/t19-,23+,24+,25+,26+,28+/m1/s1. The fourth-order valence-electron chi connectivity index (χ4n) is 4.88. The van der Waals surface area contributed by atoms with Gasteiger partial charge in [0, 0.05) is 12.0 Å². The Balaban J connectivity index is 2.09. The molecule has 0 aliphatic heterocycles. The van der Waals surface area contributed by atoms with Crippen molar-refractivity contribution in [3.8, 4) is 0 Å². The summed E-state index contributed by atoms with van der Waals surface area (Å²) >= 11 is 0. The van der Waals surface area contributed by atoms with Gasteiger partial charge in [-0.2, -0.15) is 0 Å². The fraction of sp³-hybridized carbons (Fsp3) is 0.441. The van der Waals surface area contributed by atoms with Gasteiger partial charge in [0.25, 0.3) is 0 Å². The van der Waals surface area contributed by atoms with Crippen LogP contribution in [-0.2, 0) is 41.6 Å². The molecular weight excluding hydrogens is 666 g/mol. The molecule has 0 spiro atoms. The van der Waals surface area contributed by atoms with Crippen LogP contribution in [0.4, 0.5) is 0 Å². The first kappa shape index (κ1) is 41.8. The van der Waals surface area contributed by atoms with Crippen molar-refractivity contribution in [3.63, 3.8) is 0 Å². The predicted octanol–water partition coefficient (Wildman–Crippen LogP) is -2.54. The number of carboxylic acid groups (broad SMARTS) is 1. The summed E-state index contributed by atoms with van der Waals surface area (Å²) in [5.74, 6) is -6.42. The maximum absolute atomic E-state index is 13.5. The van der Waals surface area contributed by atoms with Crippen molar-refractivity contribution in [1.29, 1.82) is 0 Å². The number of benzene rings is 2. The summed E-state index contributed by atoms with van der Waals surface area (Å²) in [4.78, 5) is 88.0. The highest BCUT2D eigenvalue weighted by molar-refractivity contribution is 5.96. The minimum atomic E-state index is -1.63. The van der Waals surface area contributed by atoms with Gasteiger partial charge in [0.2, 0.25) is 35.4 Å². The van der Waals surface area contributed by atoms with Crippen LogP contribution in [0.25, 0.3) is 0 Å².